The van der Waals surface area contributed by atoms with Crippen LogP contribution in [0.1, 0.15) is 0 Å². The second-order valence-corrected chi connectivity index (χ2v) is 24.0. The van der Waals surface area contributed by atoms with Crippen molar-refractivity contribution in [2.75, 3.05) is 4.90 Å². The van der Waals surface area contributed by atoms with Crippen LogP contribution in [0.5, 0.6) is 0 Å². The Bertz CT molecular complexity index is 4250. The summed E-state index contributed by atoms with van der Waals surface area (Å²) in [6.45, 7) is 0. The van der Waals surface area contributed by atoms with Crippen LogP contribution in [0.3, 0.4) is 0 Å². The number of rotatable bonds is 10. The van der Waals surface area contributed by atoms with Gasteiger partial charge in [0.25, 0.3) is 0 Å². The molecule has 12 aromatic carbocycles. The minimum absolute atomic E-state index is 1.08. The second kappa shape index (κ2) is 18.2. The van der Waals surface area contributed by atoms with Crippen LogP contribution >= 0.6 is 11.3 Å². The monoisotopic (exact) mass is 976 g/mol. The van der Waals surface area contributed by atoms with Crippen LogP contribution in [0.2, 0.25) is 0 Å². The molecule has 0 saturated carbocycles. The Balaban J connectivity index is 0.944. The highest BCUT2D eigenvalue weighted by molar-refractivity contribution is 7.26. The van der Waals surface area contributed by atoms with Gasteiger partial charge in [0, 0.05) is 37.6 Å². The fraction of sp³-hybridized carbons (Fsp3) is 0. The molecule has 74 heavy (non-hydrogen) atoms. The van der Waals surface area contributed by atoms with Gasteiger partial charge in [-0.1, -0.05) is 237 Å². The van der Waals surface area contributed by atoms with E-state index in [1.54, 1.807) is 0 Å². The zero-order chi connectivity index (χ0) is 49.0. The predicted octanol–water partition coefficient (Wildman–Crippen LogP) is 16.5. The predicted molar refractivity (Wildman–Crippen MR) is 320 cm³/mol. The SMILES string of the molecule is c1ccc([Si](c2ccccc2)(c2ccccc2)c2cccc(-c3ccc(N(c4ccc(-c5cccc6ccccc56)cc4)c4cccc5c4c4ccccc4n5-c4cccc5c4sc4ccccc45)cc3)c2)cc1. The van der Waals surface area contributed by atoms with E-state index < -0.39 is 8.07 Å². The number of para-hydroxylation sites is 1. The standard InChI is InChI=1S/C70H48N2SSi/c1-4-23-55(24-5-1)74(56-25-6-2-7-26-56,57-27-8-3-9-28-57)58-29-16-22-52(48-58)49-40-44-53(45-41-49)71(54-46-42-51(43-47-54)60-33-17-21-50-20-10-11-30-59(50)60)65-36-19-37-66-69(65)63-32-12-14-35-64(63)72(66)67-38-18-34-62-61-31-13-15-39-68(61)73-70(62)67/h1-48H. The summed E-state index contributed by atoms with van der Waals surface area (Å²) in [6.07, 6.45) is 0. The van der Waals surface area contributed by atoms with Crippen molar-refractivity contribution < 1.29 is 0 Å². The van der Waals surface area contributed by atoms with Gasteiger partial charge in [0.1, 0.15) is 0 Å². The first kappa shape index (κ1) is 43.7. The minimum Gasteiger partial charge on any atom is -0.310 e. The largest absolute Gasteiger partial charge is 0.310 e. The topological polar surface area (TPSA) is 8.17 Å². The van der Waals surface area contributed by atoms with Crippen molar-refractivity contribution in [3.05, 3.63) is 291 Å². The van der Waals surface area contributed by atoms with E-state index in [2.05, 4.69) is 301 Å². The van der Waals surface area contributed by atoms with E-state index in [4.69, 9.17) is 0 Å². The molecule has 0 fully saturated rings. The van der Waals surface area contributed by atoms with Crippen molar-refractivity contribution in [2.24, 2.45) is 0 Å². The molecule has 0 N–H and O–H groups in total. The van der Waals surface area contributed by atoms with Crippen LogP contribution in [0, 0.1) is 0 Å². The second-order valence-electron chi connectivity index (χ2n) is 19.2. The van der Waals surface area contributed by atoms with Crippen LogP contribution < -0.4 is 25.6 Å². The number of benzene rings is 12. The number of thiophene rings is 1. The first-order chi connectivity index (χ1) is 36.7. The fourth-order valence-corrected chi connectivity index (χ4v) is 17.9. The molecule has 0 unspecified atom stereocenters. The van der Waals surface area contributed by atoms with Gasteiger partial charge in [0.15, 0.2) is 8.07 Å². The van der Waals surface area contributed by atoms with Crippen LogP contribution in [-0.2, 0) is 0 Å². The van der Waals surface area contributed by atoms with Gasteiger partial charge in [0.2, 0.25) is 0 Å². The van der Waals surface area contributed by atoms with Crippen LogP contribution in [0.15, 0.2) is 291 Å². The summed E-state index contributed by atoms with van der Waals surface area (Å²) in [5, 5.41) is 12.9. The van der Waals surface area contributed by atoms with E-state index in [0.29, 0.717) is 0 Å². The first-order valence-corrected chi connectivity index (χ1v) is 28.2. The highest BCUT2D eigenvalue weighted by Gasteiger charge is 2.41. The fourth-order valence-electron chi connectivity index (χ4n) is 11.8. The minimum atomic E-state index is -2.73. The number of hydrogen-bond donors (Lipinski definition) is 0. The zero-order valence-electron chi connectivity index (χ0n) is 40.5. The van der Waals surface area contributed by atoms with E-state index in [1.807, 2.05) is 11.3 Å². The van der Waals surface area contributed by atoms with Crippen molar-refractivity contribution in [1.82, 2.24) is 4.57 Å². The Morgan fingerprint density at radius 3 is 1.55 bits per heavy atom. The Morgan fingerprint density at radius 2 is 0.851 bits per heavy atom. The lowest BCUT2D eigenvalue weighted by atomic mass is 9.98. The van der Waals surface area contributed by atoms with E-state index in [0.717, 1.165) is 17.1 Å². The summed E-state index contributed by atoms with van der Waals surface area (Å²) in [7, 11) is -2.73. The van der Waals surface area contributed by atoms with Gasteiger partial charge in [-0.3, -0.25) is 0 Å². The number of fused-ring (bicyclic) bond motifs is 7. The van der Waals surface area contributed by atoms with Gasteiger partial charge in [-0.05, 0) is 108 Å². The van der Waals surface area contributed by atoms with E-state index in [9.17, 15) is 0 Å². The van der Waals surface area contributed by atoms with Gasteiger partial charge >= 0.3 is 0 Å². The maximum Gasteiger partial charge on any atom is 0.179 e. The molecule has 2 nitrogen and oxygen atoms in total. The van der Waals surface area contributed by atoms with Gasteiger partial charge in [-0.15, -0.1) is 11.3 Å². The molecule has 0 aliphatic heterocycles. The maximum atomic E-state index is 2.49. The summed E-state index contributed by atoms with van der Waals surface area (Å²) in [5.41, 5.74) is 11.6. The summed E-state index contributed by atoms with van der Waals surface area (Å²) in [6, 6.07) is 108. The van der Waals surface area contributed by atoms with Crippen molar-refractivity contribution in [2.45, 2.75) is 0 Å². The molecule has 0 aliphatic carbocycles. The van der Waals surface area contributed by atoms with Crippen LogP contribution in [0.25, 0.3) is 80.7 Å². The molecule has 0 atom stereocenters. The van der Waals surface area contributed by atoms with E-state index in [1.165, 1.54) is 101 Å². The molecule has 0 radical (unpaired) electrons. The molecular formula is C70H48N2SSi. The molecule has 2 heterocycles. The summed E-state index contributed by atoms with van der Waals surface area (Å²) < 4.78 is 5.08. The zero-order valence-corrected chi connectivity index (χ0v) is 42.3. The van der Waals surface area contributed by atoms with Crippen molar-refractivity contribution in [1.29, 1.82) is 0 Å². The lowest BCUT2D eigenvalue weighted by Crippen LogP contribution is -2.74. The number of aromatic nitrogens is 1. The quantitative estimate of drug-likeness (QED) is 0.0979. The number of anilines is 3. The van der Waals surface area contributed by atoms with Gasteiger partial charge in [0.05, 0.1) is 27.1 Å². The Labute approximate surface area is 435 Å². The molecule has 0 aliphatic rings. The highest BCUT2D eigenvalue weighted by Crippen LogP contribution is 2.46. The number of nitrogens with zero attached hydrogens (tertiary/aromatic N) is 2. The molecule has 0 spiro atoms. The molecule has 2 aromatic heterocycles. The van der Waals surface area contributed by atoms with Crippen molar-refractivity contribution in [3.63, 3.8) is 0 Å². The third-order valence-electron chi connectivity index (χ3n) is 15.1. The molecule has 0 amide bonds. The normalized spacial score (nSPS) is 11.8. The first-order valence-electron chi connectivity index (χ1n) is 25.4. The summed E-state index contributed by atoms with van der Waals surface area (Å²) in [4.78, 5) is 2.46. The third-order valence-corrected chi connectivity index (χ3v) is 21.1. The van der Waals surface area contributed by atoms with Crippen molar-refractivity contribution >= 4 is 110 Å². The Kier molecular flexibility index (Phi) is 10.8. The average molecular weight is 977 g/mol. The smallest absolute Gasteiger partial charge is 0.179 e. The Morgan fingerprint density at radius 1 is 0.338 bits per heavy atom. The average Bonchev–Trinajstić information content (AvgIpc) is 4.06. The van der Waals surface area contributed by atoms with Gasteiger partial charge < -0.3 is 9.47 Å². The molecular weight excluding hydrogens is 929 g/mol. The molecule has 0 saturated heterocycles. The van der Waals surface area contributed by atoms with Crippen LogP contribution in [0.4, 0.5) is 17.1 Å². The lowest BCUT2D eigenvalue weighted by molar-refractivity contribution is 1.20. The molecule has 348 valence electrons. The molecule has 4 heteroatoms. The van der Waals surface area contributed by atoms with Crippen LogP contribution in [-0.4, -0.2) is 12.6 Å². The third kappa shape index (κ3) is 7.14. The van der Waals surface area contributed by atoms with Crippen molar-refractivity contribution in [3.8, 4) is 27.9 Å². The highest BCUT2D eigenvalue weighted by atomic mass is 32.1. The van der Waals surface area contributed by atoms with E-state index >= 15 is 0 Å². The summed E-state index contributed by atoms with van der Waals surface area (Å²) in [5.74, 6) is 0. The molecule has 0 bridgehead atoms. The molecule has 14 aromatic rings. The van der Waals surface area contributed by atoms with Gasteiger partial charge in [-0.2, -0.15) is 0 Å². The molecule has 14 rings (SSSR count). The summed E-state index contributed by atoms with van der Waals surface area (Å²) >= 11 is 1.88. The van der Waals surface area contributed by atoms with Gasteiger partial charge in [-0.25, -0.2) is 0 Å². The Hall–Kier alpha value is -9.06. The maximum absolute atomic E-state index is 2.73. The number of hydrogen-bond acceptors (Lipinski definition) is 2. The van der Waals surface area contributed by atoms with E-state index in [-0.39, 0.29) is 0 Å². The lowest BCUT2D eigenvalue weighted by Gasteiger charge is -2.34.